The van der Waals surface area contributed by atoms with Crippen LogP contribution in [0.4, 0.5) is 0 Å². The summed E-state index contributed by atoms with van der Waals surface area (Å²) in [4.78, 5) is 28.1. The number of rotatable bonds is 6. The molecule has 120 valence electrons. The molecule has 1 heterocycles. The van der Waals surface area contributed by atoms with Gasteiger partial charge in [0, 0.05) is 32.2 Å². The molecule has 1 atom stereocenters. The SMILES string of the molecule is CCCC(C)(N)C(=O)N1CCN(CC(=O)NC2CC2)CC1. The molecule has 0 aromatic carbocycles. The molecule has 2 fully saturated rings. The monoisotopic (exact) mass is 296 g/mol. The van der Waals surface area contributed by atoms with E-state index in [9.17, 15) is 9.59 Å². The van der Waals surface area contributed by atoms with Crippen molar-refractivity contribution >= 4 is 11.8 Å². The van der Waals surface area contributed by atoms with Gasteiger partial charge in [0.1, 0.15) is 0 Å². The highest BCUT2D eigenvalue weighted by molar-refractivity contribution is 5.85. The predicted octanol–water partition coefficient (Wildman–Crippen LogP) is -0.0733. The summed E-state index contributed by atoms with van der Waals surface area (Å²) in [5.41, 5.74) is 5.35. The fourth-order valence-electron chi connectivity index (χ4n) is 2.80. The molecule has 2 rings (SSSR count). The highest BCUT2D eigenvalue weighted by Crippen LogP contribution is 2.18. The zero-order chi connectivity index (χ0) is 15.5. The Morgan fingerprint density at radius 1 is 1.24 bits per heavy atom. The molecule has 1 aliphatic heterocycles. The Kier molecular flexibility index (Phi) is 5.22. The van der Waals surface area contributed by atoms with E-state index in [-0.39, 0.29) is 11.8 Å². The Morgan fingerprint density at radius 2 is 1.86 bits per heavy atom. The first-order chi connectivity index (χ1) is 9.92. The van der Waals surface area contributed by atoms with Crippen LogP contribution in [0.5, 0.6) is 0 Å². The van der Waals surface area contributed by atoms with Crippen LogP contribution >= 0.6 is 0 Å². The summed E-state index contributed by atoms with van der Waals surface area (Å²) in [5, 5.41) is 2.99. The minimum absolute atomic E-state index is 0.0337. The number of carbonyl (C=O) groups is 2. The summed E-state index contributed by atoms with van der Waals surface area (Å²) in [5.74, 6) is 0.137. The van der Waals surface area contributed by atoms with Gasteiger partial charge < -0.3 is 16.0 Å². The molecule has 1 saturated carbocycles. The Balaban J connectivity index is 1.74. The highest BCUT2D eigenvalue weighted by atomic mass is 16.2. The Bertz CT molecular complexity index is 385. The van der Waals surface area contributed by atoms with Crippen molar-refractivity contribution < 1.29 is 9.59 Å². The molecule has 0 radical (unpaired) electrons. The van der Waals surface area contributed by atoms with Crippen LogP contribution in [0.15, 0.2) is 0 Å². The average Bonchev–Trinajstić information content (AvgIpc) is 3.22. The standard InChI is InChI=1S/C15H28N4O2/c1-3-6-15(2,16)14(21)19-9-7-18(8-10-19)11-13(20)17-12-4-5-12/h12H,3-11,16H2,1-2H3,(H,17,20). The minimum Gasteiger partial charge on any atom is -0.352 e. The van der Waals surface area contributed by atoms with Gasteiger partial charge >= 0.3 is 0 Å². The highest BCUT2D eigenvalue weighted by Gasteiger charge is 2.33. The van der Waals surface area contributed by atoms with Gasteiger partial charge in [-0.1, -0.05) is 13.3 Å². The summed E-state index contributed by atoms with van der Waals surface area (Å²) in [6.45, 7) is 7.09. The molecule has 0 spiro atoms. The van der Waals surface area contributed by atoms with Crippen LogP contribution in [0.1, 0.15) is 39.5 Å². The first-order valence-electron chi connectivity index (χ1n) is 8.02. The van der Waals surface area contributed by atoms with Crippen LogP contribution in [0.2, 0.25) is 0 Å². The quantitative estimate of drug-likeness (QED) is 0.719. The molecule has 3 N–H and O–H groups in total. The smallest absolute Gasteiger partial charge is 0.242 e. The van der Waals surface area contributed by atoms with Crippen LogP contribution in [0, 0.1) is 0 Å². The molecule has 1 saturated heterocycles. The van der Waals surface area contributed by atoms with Crippen molar-refractivity contribution in [1.29, 1.82) is 0 Å². The van der Waals surface area contributed by atoms with E-state index in [0.717, 1.165) is 32.4 Å². The molecular weight excluding hydrogens is 268 g/mol. The second-order valence-electron chi connectivity index (χ2n) is 6.58. The van der Waals surface area contributed by atoms with Crippen molar-refractivity contribution in [3.63, 3.8) is 0 Å². The molecule has 1 aliphatic carbocycles. The largest absolute Gasteiger partial charge is 0.352 e. The second-order valence-corrected chi connectivity index (χ2v) is 6.58. The van der Waals surface area contributed by atoms with Crippen LogP contribution < -0.4 is 11.1 Å². The van der Waals surface area contributed by atoms with E-state index in [0.29, 0.717) is 32.1 Å². The molecule has 0 aromatic heterocycles. The van der Waals surface area contributed by atoms with Gasteiger partial charge in [-0.05, 0) is 26.2 Å². The lowest BCUT2D eigenvalue weighted by Crippen LogP contribution is -2.58. The molecule has 6 nitrogen and oxygen atoms in total. The van der Waals surface area contributed by atoms with Crippen LogP contribution in [0.25, 0.3) is 0 Å². The molecule has 2 amide bonds. The van der Waals surface area contributed by atoms with Crippen LogP contribution in [-0.4, -0.2) is 65.9 Å². The number of nitrogens with one attached hydrogen (secondary N) is 1. The van der Waals surface area contributed by atoms with Gasteiger partial charge in [-0.15, -0.1) is 0 Å². The molecule has 6 heteroatoms. The molecule has 21 heavy (non-hydrogen) atoms. The van der Waals surface area contributed by atoms with Gasteiger partial charge in [-0.3, -0.25) is 14.5 Å². The summed E-state index contributed by atoms with van der Waals surface area (Å²) >= 11 is 0. The fourth-order valence-corrected chi connectivity index (χ4v) is 2.80. The Labute approximate surface area is 127 Å². The van der Waals surface area contributed by atoms with Gasteiger partial charge in [-0.25, -0.2) is 0 Å². The van der Waals surface area contributed by atoms with Gasteiger partial charge in [0.2, 0.25) is 11.8 Å². The van der Waals surface area contributed by atoms with Crippen LogP contribution in [0.3, 0.4) is 0 Å². The Morgan fingerprint density at radius 3 is 2.38 bits per heavy atom. The number of nitrogens with two attached hydrogens (primary N) is 1. The van der Waals surface area contributed by atoms with E-state index >= 15 is 0 Å². The summed E-state index contributed by atoms with van der Waals surface area (Å²) in [7, 11) is 0. The first kappa shape index (κ1) is 16.2. The van der Waals surface area contributed by atoms with Crippen molar-refractivity contribution in [2.45, 2.75) is 51.1 Å². The third kappa shape index (κ3) is 4.68. The maximum Gasteiger partial charge on any atom is 0.242 e. The van der Waals surface area contributed by atoms with Crippen molar-refractivity contribution in [2.24, 2.45) is 5.73 Å². The number of amides is 2. The first-order valence-corrected chi connectivity index (χ1v) is 8.02. The molecule has 2 aliphatic rings. The zero-order valence-electron chi connectivity index (χ0n) is 13.2. The van der Waals surface area contributed by atoms with Gasteiger partial charge in [0.25, 0.3) is 0 Å². The normalized spacial score (nSPS) is 22.7. The van der Waals surface area contributed by atoms with E-state index < -0.39 is 5.54 Å². The number of nitrogens with zero attached hydrogens (tertiary/aromatic N) is 2. The molecule has 0 aromatic rings. The number of carbonyl (C=O) groups excluding carboxylic acids is 2. The number of piperazine rings is 1. The third-order valence-corrected chi connectivity index (χ3v) is 4.23. The maximum atomic E-state index is 12.4. The number of hydrogen-bond donors (Lipinski definition) is 2. The topological polar surface area (TPSA) is 78.7 Å². The van der Waals surface area contributed by atoms with Crippen LogP contribution in [-0.2, 0) is 9.59 Å². The maximum absolute atomic E-state index is 12.4. The van der Waals surface area contributed by atoms with E-state index in [2.05, 4.69) is 10.2 Å². The lowest BCUT2D eigenvalue weighted by Gasteiger charge is -2.38. The van der Waals surface area contributed by atoms with Crippen molar-refractivity contribution in [3.05, 3.63) is 0 Å². The second kappa shape index (κ2) is 6.75. The van der Waals surface area contributed by atoms with E-state index in [1.165, 1.54) is 0 Å². The van der Waals surface area contributed by atoms with Crippen molar-refractivity contribution in [2.75, 3.05) is 32.7 Å². The van der Waals surface area contributed by atoms with Crippen molar-refractivity contribution in [1.82, 2.24) is 15.1 Å². The zero-order valence-corrected chi connectivity index (χ0v) is 13.2. The number of hydrogen-bond acceptors (Lipinski definition) is 4. The lowest BCUT2D eigenvalue weighted by molar-refractivity contribution is -0.138. The lowest BCUT2D eigenvalue weighted by atomic mass is 9.95. The fraction of sp³-hybridized carbons (Fsp3) is 0.867. The molecule has 0 bridgehead atoms. The van der Waals surface area contributed by atoms with Gasteiger partial charge in [0.05, 0.1) is 12.1 Å². The van der Waals surface area contributed by atoms with Crippen molar-refractivity contribution in [3.8, 4) is 0 Å². The summed E-state index contributed by atoms with van der Waals surface area (Å²) < 4.78 is 0. The third-order valence-electron chi connectivity index (χ3n) is 4.23. The molecule has 1 unspecified atom stereocenters. The predicted molar refractivity (Wildman–Crippen MR) is 81.7 cm³/mol. The summed E-state index contributed by atoms with van der Waals surface area (Å²) in [6.07, 6.45) is 3.83. The van der Waals surface area contributed by atoms with E-state index in [4.69, 9.17) is 5.73 Å². The minimum atomic E-state index is -0.764. The van der Waals surface area contributed by atoms with E-state index in [1.807, 2.05) is 18.7 Å². The van der Waals surface area contributed by atoms with Gasteiger partial charge in [-0.2, -0.15) is 0 Å². The molecular formula is C15H28N4O2. The van der Waals surface area contributed by atoms with E-state index in [1.54, 1.807) is 0 Å². The average molecular weight is 296 g/mol. The van der Waals surface area contributed by atoms with Gasteiger partial charge in [0.15, 0.2) is 0 Å². The Hall–Kier alpha value is -1.14. The summed E-state index contributed by atoms with van der Waals surface area (Å²) in [6, 6.07) is 0.410.